The van der Waals surface area contributed by atoms with E-state index in [0.717, 1.165) is 7.11 Å². The quantitative estimate of drug-likeness (QED) is 0.108. The largest absolute Gasteiger partial charge is 0.482 e. The van der Waals surface area contributed by atoms with E-state index in [-0.39, 0.29) is 6.61 Å². The predicted molar refractivity (Wildman–Crippen MR) is 64.3 cm³/mol. The van der Waals surface area contributed by atoms with Gasteiger partial charge in [-0.1, -0.05) is 0 Å². The van der Waals surface area contributed by atoms with Gasteiger partial charge in [-0.05, 0) is 12.5 Å². The summed E-state index contributed by atoms with van der Waals surface area (Å²) in [4.78, 5) is 24.6. The second kappa shape index (κ2) is 7.68. The van der Waals surface area contributed by atoms with Crippen LogP contribution in [-0.4, -0.2) is 42.2 Å². The summed E-state index contributed by atoms with van der Waals surface area (Å²) in [6.45, 7) is -0.0459. The lowest BCUT2D eigenvalue weighted by Crippen LogP contribution is -2.28. The lowest BCUT2D eigenvalue weighted by Gasteiger charge is -2.06. The maximum atomic E-state index is 11.2. The van der Waals surface area contributed by atoms with Gasteiger partial charge in [0, 0.05) is 0 Å². The van der Waals surface area contributed by atoms with Crippen molar-refractivity contribution in [3.63, 3.8) is 0 Å². The smallest absolute Gasteiger partial charge is 0.460 e. The molecule has 0 aromatic rings. The van der Waals surface area contributed by atoms with E-state index in [2.05, 4.69) is 14.3 Å². The number of hydrogen-bond donors (Lipinski definition) is 0. The Balaban J connectivity index is 4.11. The van der Waals surface area contributed by atoms with Crippen molar-refractivity contribution in [1.82, 2.24) is 0 Å². The highest BCUT2D eigenvalue weighted by Gasteiger charge is 2.32. The van der Waals surface area contributed by atoms with Crippen molar-refractivity contribution in [3.05, 3.63) is 5.53 Å². The highest BCUT2D eigenvalue weighted by molar-refractivity contribution is 7.64. The zero-order chi connectivity index (χ0) is 13.5. The van der Waals surface area contributed by atoms with Crippen molar-refractivity contribution in [2.24, 2.45) is 0 Å². The minimum absolute atomic E-state index is 0.0459. The average Bonchev–Trinajstić information content (AvgIpc) is 2.23. The number of rotatable bonds is 6. The Morgan fingerprint density at radius 1 is 1.29 bits per heavy atom. The average molecular weight is 320 g/mol. The highest BCUT2D eigenvalue weighted by atomic mass is 35.8. The summed E-state index contributed by atoms with van der Waals surface area (Å²) < 4.78 is 8.83. The number of methoxy groups -OCH3 is 1. The third-order valence-corrected chi connectivity index (χ3v) is 4.13. The van der Waals surface area contributed by atoms with Gasteiger partial charge >= 0.3 is 23.7 Å². The molecule has 0 unspecified atom stereocenters. The molecule has 0 saturated heterocycles. The van der Waals surface area contributed by atoms with Crippen LogP contribution in [0.15, 0.2) is 0 Å². The molecule has 6 nitrogen and oxygen atoms in total. The van der Waals surface area contributed by atoms with Crippen LogP contribution in [0.3, 0.4) is 0 Å². The molecule has 0 atom stereocenters. The summed E-state index contributed by atoms with van der Waals surface area (Å²) in [7, 11) is 1.04. The van der Waals surface area contributed by atoms with Crippen LogP contribution in [0, 0.1) is 0 Å². The molecule has 10 heteroatoms. The van der Waals surface area contributed by atoms with Crippen LogP contribution in [0.4, 0.5) is 0 Å². The lowest BCUT2D eigenvalue weighted by atomic mass is 10.4. The predicted octanol–water partition coefficient (Wildman–Crippen LogP) is 1.42. The van der Waals surface area contributed by atoms with Crippen molar-refractivity contribution in [2.45, 2.75) is 12.5 Å². The van der Waals surface area contributed by atoms with Crippen molar-refractivity contribution in [3.8, 4) is 0 Å². The van der Waals surface area contributed by atoms with Gasteiger partial charge in [0.15, 0.2) is 0 Å². The third-order valence-electron chi connectivity index (χ3n) is 1.51. The molecule has 0 fully saturated rings. The van der Waals surface area contributed by atoms with Crippen molar-refractivity contribution in [2.75, 3.05) is 13.7 Å². The molecule has 0 aliphatic rings. The normalized spacial score (nSPS) is 10.4. The van der Waals surface area contributed by atoms with E-state index >= 15 is 0 Å². The molecule has 0 aromatic carbocycles. The lowest BCUT2D eigenvalue weighted by molar-refractivity contribution is -0.147. The summed E-state index contributed by atoms with van der Waals surface area (Å²) in [6, 6.07) is -2.43. The summed E-state index contributed by atoms with van der Waals surface area (Å²) in [5.41, 5.74) is 7.58. The second-order valence-electron chi connectivity index (χ2n) is 2.79. The van der Waals surface area contributed by atoms with Gasteiger partial charge < -0.3 is 15.0 Å². The minimum atomic E-state index is -2.74. The molecule has 0 aliphatic carbocycles. The van der Waals surface area contributed by atoms with Crippen LogP contribution < -0.4 is 0 Å². The zero-order valence-corrected chi connectivity index (χ0v) is 12.1. The molecule has 0 aliphatic heterocycles. The van der Waals surface area contributed by atoms with Crippen LogP contribution in [0.5, 0.6) is 0 Å². The van der Waals surface area contributed by atoms with E-state index in [0.29, 0.717) is 12.5 Å². The fourth-order valence-corrected chi connectivity index (χ4v) is 2.52. The van der Waals surface area contributed by atoms with E-state index in [1.165, 1.54) is 0 Å². The fourth-order valence-electron chi connectivity index (χ4n) is 0.767. The molecular formula is C7H9Cl3N2O4Si. The number of esters is 2. The van der Waals surface area contributed by atoms with Gasteiger partial charge in [0.1, 0.15) is 0 Å². The second-order valence-corrected chi connectivity index (χ2v) is 12.1. The molecule has 0 amide bonds. The number of carbonyl (C=O) groups is 2. The summed E-state index contributed by atoms with van der Waals surface area (Å²) in [6.07, 6.45) is 0.342. The zero-order valence-electron chi connectivity index (χ0n) is 8.78. The SMILES string of the molecule is COC(=O)C(=[N+]=[N-])C(=O)OCCC[Si](Cl)(Cl)Cl. The molecule has 0 heterocycles. The Labute approximate surface area is 112 Å². The number of ether oxygens (including phenoxy) is 2. The molecule has 0 spiro atoms. The Morgan fingerprint density at radius 2 is 1.88 bits per heavy atom. The Morgan fingerprint density at radius 3 is 2.29 bits per heavy atom. The van der Waals surface area contributed by atoms with Crippen LogP contribution >= 0.6 is 33.2 Å². The first kappa shape index (κ1) is 16.4. The highest BCUT2D eigenvalue weighted by Crippen LogP contribution is 2.26. The molecule has 0 aromatic heterocycles. The molecule has 0 radical (unpaired) electrons. The van der Waals surface area contributed by atoms with Crippen molar-refractivity contribution < 1.29 is 23.9 Å². The Bertz CT molecular complexity index is 352. The van der Waals surface area contributed by atoms with Gasteiger partial charge in [-0.2, -0.15) is 4.79 Å². The summed E-state index contributed by atoms with van der Waals surface area (Å²) in [5.74, 6) is -2.18. The van der Waals surface area contributed by atoms with E-state index < -0.39 is 23.7 Å². The number of nitrogens with zero attached hydrogens (tertiary/aromatic N) is 2. The summed E-state index contributed by atoms with van der Waals surface area (Å²) in [5, 5.41) is 0. The monoisotopic (exact) mass is 318 g/mol. The van der Waals surface area contributed by atoms with Gasteiger partial charge in [0.05, 0.1) is 13.7 Å². The van der Waals surface area contributed by atoms with E-state index in [9.17, 15) is 9.59 Å². The maximum Gasteiger partial charge on any atom is 0.482 e. The van der Waals surface area contributed by atoms with Gasteiger partial charge in [-0.25, -0.2) is 9.59 Å². The Hall–Kier alpha value is -0.593. The standard InChI is InChI=1S/C7H9Cl3N2O4Si/c1-15-6(13)5(12-11)7(14)16-3-2-4-17(8,9)10/h2-4H2,1H3. The number of hydrogen-bond acceptors (Lipinski definition) is 4. The molecule has 96 valence electrons. The molecule has 17 heavy (non-hydrogen) atoms. The van der Waals surface area contributed by atoms with Crippen molar-refractivity contribution >= 4 is 56.9 Å². The van der Waals surface area contributed by atoms with Gasteiger partial charge in [0.2, 0.25) is 0 Å². The van der Waals surface area contributed by atoms with Crippen LogP contribution in [0.1, 0.15) is 6.42 Å². The van der Waals surface area contributed by atoms with E-state index in [4.69, 9.17) is 38.8 Å². The maximum absolute atomic E-state index is 11.2. The first-order valence-corrected chi connectivity index (χ1v) is 9.60. The van der Waals surface area contributed by atoms with Crippen LogP contribution in [-0.2, 0) is 19.1 Å². The van der Waals surface area contributed by atoms with E-state index in [1.807, 2.05) is 0 Å². The van der Waals surface area contributed by atoms with Crippen LogP contribution in [0.25, 0.3) is 5.53 Å². The fraction of sp³-hybridized carbons (Fsp3) is 0.571. The van der Waals surface area contributed by atoms with Gasteiger partial charge in [-0.3, -0.25) is 0 Å². The first-order valence-electron chi connectivity index (χ1n) is 4.36. The van der Waals surface area contributed by atoms with Gasteiger partial charge in [-0.15, -0.1) is 33.2 Å². The molecule has 0 N–H and O–H groups in total. The summed E-state index contributed by atoms with van der Waals surface area (Å²) >= 11 is 16.8. The van der Waals surface area contributed by atoms with Crippen molar-refractivity contribution in [1.29, 1.82) is 0 Å². The minimum Gasteiger partial charge on any atom is -0.460 e. The van der Waals surface area contributed by atoms with Crippen LogP contribution in [0.2, 0.25) is 6.04 Å². The first-order chi connectivity index (χ1) is 7.81. The molecule has 0 saturated carbocycles. The molecular weight excluding hydrogens is 311 g/mol. The van der Waals surface area contributed by atoms with E-state index in [1.54, 1.807) is 0 Å². The van der Waals surface area contributed by atoms with Gasteiger partial charge in [0.25, 0.3) is 0 Å². The third kappa shape index (κ3) is 7.35. The Kier molecular flexibility index (Phi) is 7.41. The molecule has 0 bridgehead atoms. The number of carbonyl (C=O) groups excluding carboxylic acids is 2. The topological polar surface area (TPSA) is 89.0 Å². The molecule has 0 rings (SSSR count). The number of halogens is 3.